The summed E-state index contributed by atoms with van der Waals surface area (Å²) in [5, 5.41) is 5.06. The van der Waals surface area contributed by atoms with Gasteiger partial charge >= 0.3 is 5.97 Å². The number of anilines is 1. The number of thiazole rings is 1. The number of esters is 1. The van der Waals surface area contributed by atoms with Crippen LogP contribution in [0.3, 0.4) is 0 Å². The Morgan fingerprint density at radius 1 is 0.909 bits per heavy atom. The van der Waals surface area contributed by atoms with E-state index in [-0.39, 0.29) is 18.9 Å². The molecule has 4 aromatic rings. The van der Waals surface area contributed by atoms with E-state index in [4.69, 9.17) is 4.74 Å². The monoisotopic (exact) mass is 456 g/mol. The lowest BCUT2D eigenvalue weighted by molar-refractivity contribution is -0.147. The van der Waals surface area contributed by atoms with E-state index in [0.717, 1.165) is 22.4 Å². The quantitative estimate of drug-likeness (QED) is 0.339. The van der Waals surface area contributed by atoms with E-state index in [1.165, 1.54) is 16.9 Å². The first-order chi connectivity index (χ1) is 16.1. The van der Waals surface area contributed by atoms with Crippen LogP contribution in [0, 0.1) is 6.92 Å². The largest absolute Gasteiger partial charge is 0.456 e. The van der Waals surface area contributed by atoms with E-state index in [0.29, 0.717) is 5.13 Å². The number of nitrogens with zero attached hydrogens (tertiary/aromatic N) is 1. The lowest BCUT2D eigenvalue weighted by Gasteiger charge is -2.17. The highest BCUT2D eigenvalue weighted by atomic mass is 32.1. The Hall–Kier alpha value is -3.77. The Kier molecular flexibility index (Phi) is 7.27. The molecule has 0 atom stereocenters. The lowest BCUT2D eigenvalue weighted by atomic mass is 9.89. The minimum absolute atomic E-state index is 0.140. The van der Waals surface area contributed by atoms with Gasteiger partial charge < -0.3 is 4.74 Å². The predicted molar refractivity (Wildman–Crippen MR) is 131 cm³/mol. The molecule has 1 aromatic heterocycles. The van der Waals surface area contributed by atoms with Crippen LogP contribution in [-0.4, -0.2) is 23.5 Å². The summed E-state index contributed by atoms with van der Waals surface area (Å²) in [7, 11) is 0. The van der Waals surface area contributed by atoms with Gasteiger partial charge in [0.05, 0.1) is 12.1 Å². The van der Waals surface area contributed by atoms with Crippen molar-refractivity contribution in [2.24, 2.45) is 0 Å². The molecule has 166 valence electrons. The molecule has 4 rings (SSSR count). The van der Waals surface area contributed by atoms with Gasteiger partial charge in [0.1, 0.15) is 0 Å². The zero-order chi connectivity index (χ0) is 23.0. The number of aryl methyl sites for hydroxylation is 1. The maximum Gasteiger partial charge on any atom is 0.307 e. The molecule has 3 aromatic carbocycles. The van der Waals surface area contributed by atoms with E-state index in [9.17, 15) is 9.59 Å². The second-order valence-electron chi connectivity index (χ2n) is 7.69. The fraction of sp³-hybridized carbons (Fsp3) is 0.148. The molecular weight excluding hydrogens is 432 g/mol. The molecule has 0 saturated carbocycles. The Labute approximate surface area is 197 Å². The first kappa shape index (κ1) is 22.4. The Balaban J connectivity index is 1.33. The third-order valence-electron chi connectivity index (χ3n) is 5.24. The van der Waals surface area contributed by atoms with Gasteiger partial charge in [-0.25, -0.2) is 4.98 Å². The number of rotatable bonds is 8. The van der Waals surface area contributed by atoms with Gasteiger partial charge in [0.15, 0.2) is 11.7 Å². The number of amides is 1. The van der Waals surface area contributed by atoms with Crippen LogP contribution in [0.2, 0.25) is 0 Å². The lowest BCUT2D eigenvalue weighted by Crippen LogP contribution is -2.22. The van der Waals surface area contributed by atoms with Crippen LogP contribution in [0.5, 0.6) is 0 Å². The minimum atomic E-state index is -0.428. The van der Waals surface area contributed by atoms with Gasteiger partial charge in [-0.15, -0.1) is 11.3 Å². The maximum absolute atomic E-state index is 12.6. The van der Waals surface area contributed by atoms with Crippen LogP contribution in [0.25, 0.3) is 11.3 Å². The van der Waals surface area contributed by atoms with Crippen molar-refractivity contribution in [1.82, 2.24) is 4.98 Å². The van der Waals surface area contributed by atoms with Crippen molar-refractivity contribution < 1.29 is 14.3 Å². The summed E-state index contributed by atoms with van der Waals surface area (Å²) in [4.78, 5) is 29.3. The molecular formula is C27H24N2O3S. The van der Waals surface area contributed by atoms with Crippen LogP contribution in [0.1, 0.15) is 29.0 Å². The van der Waals surface area contributed by atoms with Gasteiger partial charge in [-0.3, -0.25) is 14.9 Å². The molecule has 0 aliphatic carbocycles. The molecule has 0 aliphatic heterocycles. The second-order valence-corrected chi connectivity index (χ2v) is 8.55. The van der Waals surface area contributed by atoms with Gasteiger partial charge in [0.25, 0.3) is 5.91 Å². The van der Waals surface area contributed by atoms with Crippen LogP contribution in [0.15, 0.2) is 90.3 Å². The molecule has 0 spiro atoms. The Bertz CT molecular complexity index is 1170. The molecule has 1 amide bonds. The summed E-state index contributed by atoms with van der Waals surface area (Å²) in [6.45, 7) is 1.67. The highest BCUT2D eigenvalue weighted by Crippen LogP contribution is 2.28. The van der Waals surface area contributed by atoms with Gasteiger partial charge in [-0.2, -0.15) is 0 Å². The smallest absolute Gasteiger partial charge is 0.307 e. The van der Waals surface area contributed by atoms with Crippen LogP contribution in [0.4, 0.5) is 5.13 Å². The average Bonchev–Trinajstić information content (AvgIpc) is 3.31. The van der Waals surface area contributed by atoms with Crippen molar-refractivity contribution in [2.75, 3.05) is 11.9 Å². The highest BCUT2D eigenvalue weighted by molar-refractivity contribution is 7.14. The SMILES string of the molecule is Cc1ccc(-c2csc(NC(=O)COC(=O)CC(c3ccccc3)c3ccccc3)n2)cc1. The van der Waals surface area contributed by atoms with Crippen molar-refractivity contribution in [3.8, 4) is 11.3 Å². The first-order valence-corrected chi connectivity index (χ1v) is 11.5. The number of ether oxygens (including phenoxy) is 1. The molecule has 0 radical (unpaired) electrons. The van der Waals surface area contributed by atoms with E-state index < -0.39 is 11.9 Å². The van der Waals surface area contributed by atoms with E-state index >= 15 is 0 Å². The topological polar surface area (TPSA) is 68.3 Å². The van der Waals surface area contributed by atoms with Crippen molar-refractivity contribution in [3.63, 3.8) is 0 Å². The van der Waals surface area contributed by atoms with Crippen molar-refractivity contribution in [2.45, 2.75) is 19.3 Å². The molecule has 0 aliphatic rings. The molecule has 5 nitrogen and oxygen atoms in total. The number of aromatic nitrogens is 1. The summed E-state index contributed by atoms with van der Waals surface area (Å²) in [6, 6.07) is 27.7. The number of benzene rings is 3. The third-order valence-corrected chi connectivity index (χ3v) is 5.99. The van der Waals surface area contributed by atoms with Gasteiger partial charge in [0, 0.05) is 16.9 Å². The highest BCUT2D eigenvalue weighted by Gasteiger charge is 2.20. The van der Waals surface area contributed by atoms with Gasteiger partial charge in [0.2, 0.25) is 0 Å². The standard InChI is InChI=1S/C27H24N2O3S/c1-19-12-14-22(15-13-19)24-18-33-27(28-24)29-25(30)17-32-26(31)16-23(20-8-4-2-5-9-20)21-10-6-3-7-11-21/h2-15,18,23H,16-17H2,1H3,(H,28,29,30). The molecule has 0 bridgehead atoms. The number of carbonyl (C=O) groups is 2. The summed E-state index contributed by atoms with van der Waals surface area (Å²) >= 11 is 1.33. The molecule has 1 N–H and O–H groups in total. The van der Waals surface area contributed by atoms with Crippen molar-refractivity contribution in [1.29, 1.82) is 0 Å². The fourth-order valence-electron chi connectivity index (χ4n) is 3.51. The van der Waals surface area contributed by atoms with Crippen LogP contribution < -0.4 is 5.32 Å². The molecule has 33 heavy (non-hydrogen) atoms. The van der Waals surface area contributed by atoms with Crippen molar-refractivity contribution >= 4 is 28.3 Å². The molecule has 0 unspecified atom stereocenters. The zero-order valence-electron chi connectivity index (χ0n) is 18.2. The number of hydrogen-bond acceptors (Lipinski definition) is 5. The van der Waals surface area contributed by atoms with Crippen LogP contribution in [-0.2, 0) is 14.3 Å². The van der Waals surface area contributed by atoms with E-state index in [2.05, 4.69) is 10.3 Å². The van der Waals surface area contributed by atoms with E-state index in [1.807, 2.05) is 97.2 Å². The predicted octanol–water partition coefficient (Wildman–Crippen LogP) is 5.82. The summed E-state index contributed by atoms with van der Waals surface area (Å²) in [5.41, 5.74) is 5.00. The number of hydrogen-bond donors (Lipinski definition) is 1. The Morgan fingerprint density at radius 2 is 1.52 bits per heavy atom. The zero-order valence-corrected chi connectivity index (χ0v) is 19.0. The van der Waals surface area contributed by atoms with Crippen molar-refractivity contribution in [3.05, 3.63) is 107 Å². The molecule has 1 heterocycles. The maximum atomic E-state index is 12.6. The third kappa shape index (κ3) is 6.14. The summed E-state index contributed by atoms with van der Waals surface area (Å²) in [5.74, 6) is -0.981. The second kappa shape index (κ2) is 10.7. The van der Waals surface area contributed by atoms with Crippen LogP contribution >= 0.6 is 11.3 Å². The molecule has 0 fully saturated rings. The van der Waals surface area contributed by atoms with Gasteiger partial charge in [-0.1, -0.05) is 90.5 Å². The Morgan fingerprint density at radius 3 is 2.12 bits per heavy atom. The number of carbonyl (C=O) groups excluding carboxylic acids is 2. The molecule has 6 heteroatoms. The van der Waals surface area contributed by atoms with Gasteiger partial charge in [-0.05, 0) is 18.1 Å². The summed E-state index contributed by atoms with van der Waals surface area (Å²) in [6.07, 6.45) is 0.149. The first-order valence-electron chi connectivity index (χ1n) is 10.7. The van der Waals surface area contributed by atoms with E-state index in [1.54, 1.807) is 0 Å². The molecule has 0 saturated heterocycles. The fourth-order valence-corrected chi connectivity index (χ4v) is 4.25. The average molecular weight is 457 g/mol. The summed E-state index contributed by atoms with van der Waals surface area (Å²) < 4.78 is 5.28. The normalized spacial score (nSPS) is 10.7. The minimum Gasteiger partial charge on any atom is -0.456 e. The number of nitrogens with one attached hydrogen (secondary N) is 1.